The number of nitrogens with one attached hydrogen (secondary N) is 1. The maximum absolute atomic E-state index is 5.48. The molecule has 2 atom stereocenters. The molecule has 1 saturated carbocycles. The lowest BCUT2D eigenvalue weighted by molar-refractivity contribution is 0.399. The van der Waals surface area contributed by atoms with Gasteiger partial charge in [-0.25, -0.2) is 0 Å². The maximum Gasteiger partial charge on any atom is 0.215 e. The first-order valence-electron chi connectivity index (χ1n) is 6.98. The highest BCUT2D eigenvalue weighted by Crippen LogP contribution is 2.52. The van der Waals surface area contributed by atoms with E-state index in [1.165, 1.54) is 5.56 Å². The van der Waals surface area contributed by atoms with Gasteiger partial charge in [-0.1, -0.05) is 30.3 Å². The van der Waals surface area contributed by atoms with Gasteiger partial charge in [-0.3, -0.25) is 4.57 Å². The summed E-state index contributed by atoms with van der Waals surface area (Å²) in [4.78, 5) is 7.78. The lowest BCUT2D eigenvalue weighted by atomic mass is 10.1. The number of aromatic nitrogens is 3. The van der Waals surface area contributed by atoms with Crippen LogP contribution >= 0.6 is 12.2 Å². The minimum atomic E-state index is 0.383. The van der Waals surface area contributed by atoms with Gasteiger partial charge in [0, 0.05) is 18.0 Å². The number of rotatable bonds is 3. The Kier molecular flexibility index (Phi) is 2.82. The molecule has 0 amide bonds. The molecule has 2 heterocycles. The van der Waals surface area contributed by atoms with E-state index in [0.717, 1.165) is 22.4 Å². The summed E-state index contributed by atoms with van der Waals surface area (Å²) in [5.74, 6) is 1.13. The zero-order valence-electron chi connectivity index (χ0n) is 11.6. The molecule has 106 valence electrons. The monoisotopic (exact) mass is 297 g/mol. The van der Waals surface area contributed by atoms with E-state index in [1.807, 2.05) is 18.2 Å². The van der Waals surface area contributed by atoms with E-state index in [-0.39, 0.29) is 0 Å². The van der Waals surface area contributed by atoms with Crippen LogP contribution in [0.2, 0.25) is 0 Å². The van der Waals surface area contributed by atoms with E-state index in [9.17, 15) is 0 Å². The van der Waals surface area contributed by atoms with Crippen LogP contribution in [-0.2, 0) is 0 Å². The Morgan fingerprint density at radius 1 is 1.24 bits per heavy atom. The molecule has 2 unspecified atom stereocenters. The Labute approximate surface area is 127 Å². The van der Waals surface area contributed by atoms with Crippen LogP contribution in [0, 0.1) is 4.77 Å². The molecule has 4 nitrogen and oxygen atoms in total. The average Bonchev–Trinajstić information content (AvgIpc) is 3.23. The van der Waals surface area contributed by atoms with Crippen molar-refractivity contribution in [2.45, 2.75) is 18.4 Å². The molecule has 1 aliphatic carbocycles. The number of nitrogens with zero attached hydrogens (tertiary/aromatic N) is 2. The number of benzene rings is 1. The Hall–Kier alpha value is -2.14. The van der Waals surface area contributed by atoms with Gasteiger partial charge < -0.3 is 9.72 Å². The van der Waals surface area contributed by atoms with Crippen LogP contribution in [0.1, 0.15) is 23.9 Å². The zero-order chi connectivity index (χ0) is 14.4. The zero-order valence-corrected chi connectivity index (χ0v) is 12.4. The third kappa shape index (κ3) is 2.05. The van der Waals surface area contributed by atoms with Crippen molar-refractivity contribution in [2.75, 3.05) is 7.11 Å². The van der Waals surface area contributed by atoms with E-state index in [2.05, 4.69) is 38.8 Å². The van der Waals surface area contributed by atoms with Crippen LogP contribution in [0.4, 0.5) is 0 Å². The van der Waals surface area contributed by atoms with Crippen molar-refractivity contribution in [1.82, 2.24) is 14.5 Å². The second-order valence-electron chi connectivity index (χ2n) is 5.35. The first kappa shape index (κ1) is 12.6. The van der Waals surface area contributed by atoms with Crippen LogP contribution in [0.5, 0.6) is 5.88 Å². The topological polar surface area (TPSA) is 42.8 Å². The van der Waals surface area contributed by atoms with E-state index < -0.39 is 0 Å². The van der Waals surface area contributed by atoms with Gasteiger partial charge in [-0.05, 0) is 30.3 Å². The normalized spacial score (nSPS) is 20.6. The van der Waals surface area contributed by atoms with E-state index >= 15 is 0 Å². The highest BCUT2D eigenvalue weighted by Gasteiger charge is 2.41. The van der Waals surface area contributed by atoms with E-state index in [1.54, 1.807) is 7.11 Å². The van der Waals surface area contributed by atoms with Crippen molar-refractivity contribution in [2.24, 2.45) is 0 Å². The average molecular weight is 297 g/mol. The van der Waals surface area contributed by atoms with Crippen molar-refractivity contribution < 1.29 is 4.74 Å². The van der Waals surface area contributed by atoms with Crippen molar-refractivity contribution in [3.63, 3.8) is 0 Å². The van der Waals surface area contributed by atoms with Crippen molar-refractivity contribution >= 4 is 23.4 Å². The molecular weight excluding hydrogens is 282 g/mol. The molecule has 1 N–H and O–H groups in total. The van der Waals surface area contributed by atoms with Crippen LogP contribution in [0.15, 0.2) is 42.5 Å². The summed E-state index contributed by atoms with van der Waals surface area (Å²) in [5, 5.41) is 0. The number of hydrogen-bond donors (Lipinski definition) is 1. The maximum atomic E-state index is 5.48. The summed E-state index contributed by atoms with van der Waals surface area (Å²) in [6.45, 7) is 0. The van der Waals surface area contributed by atoms with Crippen LogP contribution < -0.4 is 4.74 Å². The highest BCUT2D eigenvalue weighted by molar-refractivity contribution is 7.71. The van der Waals surface area contributed by atoms with E-state index in [0.29, 0.717) is 17.8 Å². The number of ether oxygens (including phenoxy) is 1. The summed E-state index contributed by atoms with van der Waals surface area (Å²) in [7, 11) is 1.63. The first-order valence-corrected chi connectivity index (χ1v) is 7.39. The van der Waals surface area contributed by atoms with Crippen LogP contribution in [0.3, 0.4) is 0 Å². The number of imidazole rings is 1. The predicted molar refractivity (Wildman–Crippen MR) is 84.3 cm³/mol. The van der Waals surface area contributed by atoms with Gasteiger partial charge in [0.1, 0.15) is 0 Å². The van der Waals surface area contributed by atoms with Gasteiger partial charge in [-0.2, -0.15) is 4.98 Å². The van der Waals surface area contributed by atoms with Gasteiger partial charge in [-0.15, -0.1) is 0 Å². The van der Waals surface area contributed by atoms with Gasteiger partial charge >= 0.3 is 0 Å². The Balaban J connectivity index is 1.78. The molecule has 1 aromatic carbocycles. The van der Waals surface area contributed by atoms with Crippen LogP contribution in [0.25, 0.3) is 11.2 Å². The van der Waals surface area contributed by atoms with Crippen molar-refractivity contribution in [3.8, 4) is 5.88 Å². The third-order valence-corrected chi connectivity index (χ3v) is 4.36. The molecule has 0 spiro atoms. The molecule has 3 aromatic rings. The number of fused-ring (bicyclic) bond motifs is 1. The number of pyridine rings is 1. The first-order chi connectivity index (χ1) is 10.3. The standard InChI is InChI=1S/C16H15N3OS/c1-20-14-8-7-12-15(18-14)19(16(21)17-12)13-9-11(13)10-5-3-2-4-6-10/h2-8,11,13H,9H2,1H3,(H,17,21). The fourth-order valence-electron chi connectivity index (χ4n) is 2.93. The number of methoxy groups -OCH3 is 1. The number of hydrogen-bond acceptors (Lipinski definition) is 3. The fraction of sp³-hybridized carbons (Fsp3) is 0.250. The molecule has 4 rings (SSSR count). The summed E-state index contributed by atoms with van der Waals surface area (Å²) in [5.41, 5.74) is 3.20. The molecule has 0 radical (unpaired) electrons. The summed E-state index contributed by atoms with van der Waals surface area (Å²) in [6, 6.07) is 14.8. The minimum Gasteiger partial charge on any atom is -0.481 e. The molecular formula is C16H15N3OS. The molecule has 2 aromatic heterocycles. The molecule has 1 aliphatic rings. The molecule has 0 aliphatic heterocycles. The third-order valence-electron chi connectivity index (χ3n) is 4.06. The second-order valence-corrected chi connectivity index (χ2v) is 5.73. The number of aromatic amines is 1. The molecule has 21 heavy (non-hydrogen) atoms. The Morgan fingerprint density at radius 2 is 2.05 bits per heavy atom. The summed E-state index contributed by atoms with van der Waals surface area (Å²) in [6.07, 6.45) is 1.10. The smallest absolute Gasteiger partial charge is 0.215 e. The van der Waals surface area contributed by atoms with Gasteiger partial charge in [0.25, 0.3) is 0 Å². The van der Waals surface area contributed by atoms with Gasteiger partial charge in [0.2, 0.25) is 5.88 Å². The SMILES string of the molecule is COc1ccc2[nH]c(=S)n(C3CC3c3ccccc3)c2n1. The predicted octanol–water partition coefficient (Wildman–Crippen LogP) is 3.83. The molecule has 0 saturated heterocycles. The second kappa shape index (κ2) is 4.70. The van der Waals surface area contributed by atoms with Crippen molar-refractivity contribution in [3.05, 3.63) is 52.8 Å². The Morgan fingerprint density at radius 3 is 2.81 bits per heavy atom. The van der Waals surface area contributed by atoms with E-state index in [4.69, 9.17) is 17.0 Å². The van der Waals surface area contributed by atoms with Crippen molar-refractivity contribution in [1.29, 1.82) is 0 Å². The molecule has 5 heteroatoms. The number of H-pyrrole nitrogens is 1. The largest absolute Gasteiger partial charge is 0.481 e. The summed E-state index contributed by atoms with van der Waals surface area (Å²) >= 11 is 5.48. The highest BCUT2D eigenvalue weighted by atomic mass is 32.1. The minimum absolute atomic E-state index is 0.383. The molecule has 0 bridgehead atoms. The van der Waals surface area contributed by atoms with Crippen LogP contribution in [-0.4, -0.2) is 21.6 Å². The summed E-state index contributed by atoms with van der Waals surface area (Å²) < 4.78 is 8.09. The fourth-order valence-corrected chi connectivity index (χ4v) is 3.26. The lowest BCUT2D eigenvalue weighted by Gasteiger charge is -2.05. The van der Waals surface area contributed by atoms with Gasteiger partial charge in [0.15, 0.2) is 10.4 Å². The Bertz CT molecular complexity index is 853. The lowest BCUT2D eigenvalue weighted by Crippen LogP contribution is -1.98. The van der Waals surface area contributed by atoms with Gasteiger partial charge in [0.05, 0.1) is 12.6 Å². The quantitative estimate of drug-likeness (QED) is 0.747. The molecule has 1 fully saturated rings.